The summed E-state index contributed by atoms with van der Waals surface area (Å²) in [6.07, 6.45) is 4.41. The van der Waals surface area contributed by atoms with Crippen LogP contribution in [0.25, 0.3) is 22.3 Å². The van der Waals surface area contributed by atoms with E-state index >= 15 is 0 Å². The van der Waals surface area contributed by atoms with Gasteiger partial charge >= 0.3 is 5.97 Å². The van der Waals surface area contributed by atoms with E-state index in [2.05, 4.69) is 16.5 Å². The van der Waals surface area contributed by atoms with Gasteiger partial charge in [-0.3, -0.25) is 4.79 Å². The highest BCUT2D eigenvalue weighted by molar-refractivity contribution is 6.04. The summed E-state index contributed by atoms with van der Waals surface area (Å²) in [5.41, 5.74) is 1.74. The van der Waals surface area contributed by atoms with E-state index in [0.29, 0.717) is 35.1 Å². The molecule has 5 rings (SSSR count). The summed E-state index contributed by atoms with van der Waals surface area (Å²) >= 11 is 0. The third kappa shape index (κ3) is 5.19. The van der Waals surface area contributed by atoms with Gasteiger partial charge in [-0.05, 0) is 49.4 Å². The maximum atomic E-state index is 13.7. The number of fused-ring (bicyclic) bond motifs is 1. The summed E-state index contributed by atoms with van der Waals surface area (Å²) in [6.45, 7) is -0.260. The fourth-order valence-corrected chi connectivity index (χ4v) is 4.65. The Hall–Kier alpha value is -4.58. The second-order valence-corrected chi connectivity index (χ2v) is 9.12. The van der Waals surface area contributed by atoms with Crippen molar-refractivity contribution < 1.29 is 18.7 Å². The average molecular weight is 498 g/mol. The lowest BCUT2D eigenvalue weighted by Crippen LogP contribution is -2.46. The maximum absolute atomic E-state index is 13.7. The first kappa shape index (κ1) is 24.1. The number of rotatable bonds is 7. The molecule has 2 aromatic carbocycles. The summed E-state index contributed by atoms with van der Waals surface area (Å²) in [6, 6.07) is 19.3. The minimum Gasteiger partial charge on any atom is -0.452 e. The van der Waals surface area contributed by atoms with E-state index in [1.807, 2.05) is 30.3 Å². The van der Waals surface area contributed by atoms with Crippen LogP contribution in [0.3, 0.4) is 0 Å². The zero-order valence-electron chi connectivity index (χ0n) is 20.0. The lowest BCUT2D eigenvalue weighted by molar-refractivity contribution is -0.125. The molecule has 0 radical (unpaired) electrons. The van der Waals surface area contributed by atoms with Crippen molar-refractivity contribution in [2.45, 2.75) is 37.8 Å². The molecular formula is C28H24FN5O3. The highest BCUT2D eigenvalue weighted by Gasteiger charge is 2.35. The molecule has 1 saturated carbocycles. The highest BCUT2D eigenvalue weighted by Crippen LogP contribution is 2.29. The number of ether oxygens (including phenoxy) is 1. The van der Waals surface area contributed by atoms with Crippen molar-refractivity contribution >= 4 is 22.9 Å². The normalized spacial score (nSPS) is 14.3. The van der Waals surface area contributed by atoms with Crippen molar-refractivity contribution in [3.8, 4) is 17.3 Å². The van der Waals surface area contributed by atoms with Gasteiger partial charge in [0, 0.05) is 5.56 Å². The number of nitriles is 1. The first-order valence-electron chi connectivity index (χ1n) is 12.0. The molecule has 2 heterocycles. The minimum atomic E-state index is -0.897. The van der Waals surface area contributed by atoms with Gasteiger partial charge in [-0.2, -0.15) is 10.4 Å². The number of carbonyl (C=O) groups excluding carboxylic acids is 2. The molecule has 0 atom stereocenters. The molecule has 1 aliphatic rings. The van der Waals surface area contributed by atoms with Crippen LogP contribution in [0.5, 0.6) is 0 Å². The smallest absolute Gasteiger partial charge is 0.339 e. The fourth-order valence-electron chi connectivity index (χ4n) is 4.65. The van der Waals surface area contributed by atoms with Crippen LogP contribution in [0.1, 0.15) is 41.6 Å². The summed E-state index contributed by atoms with van der Waals surface area (Å²) in [5, 5.41) is 17.1. The van der Waals surface area contributed by atoms with E-state index < -0.39 is 24.0 Å². The van der Waals surface area contributed by atoms with Crippen molar-refractivity contribution in [2.24, 2.45) is 0 Å². The number of nitrogens with one attached hydrogen (secondary N) is 1. The van der Waals surface area contributed by atoms with E-state index in [1.54, 1.807) is 22.9 Å². The van der Waals surface area contributed by atoms with Crippen LogP contribution in [0.4, 0.5) is 4.39 Å². The predicted octanol–water partition coefficient (Wildman–Crippen LogP) is 4.40. The number of aromatic nitrogens is 3. The van der Waals surface area contributed by atoms with Crippen molar-refractivity contribution in [1.82, 2.24) is 20.1 Å². The Labute approximate surface area is 212 Å². The van der Waals surface area contributed by atoms with Crippen LogP contribution in [0.2, 0.25) is 0 Å². The maximum Gasteiger partial charge on any atom is 0.339 e. The molecule has 4 aromatic rings. The molecule has 8 nitrogen and oxygen atoms in total. The second kappa shape index (κ2) is 10.2. The molecule has 0 saturated heterocycles. The summed E-state index contributed by atoms with van der Waals surface area (Å²) in [4.78, 5) is 30.4. The molecule has 0 aliphatic heterocycles. The van der Waals surface area contributed by atoms with Crippen molar-refractivity contribution in [2.75, 3.05) is 6.61 Å². The predicted molar refractivity (Wildman–Crippen MR) is 134 cm³/mol. The van der Waals surface area contributed by atoms with Crippen molar-refractivity contribution in [1.29, 1.82) is 5.26 Å². The van der Waals surface area contributed by atoms with Crippen LogP contribution in [-0.2, 0) is 16.1 Å². The Morgan fingerprint density at radius 1 is 1.11 bits per heavy atom. The largest absolute Gasteiger partial charge is 0.452 e. The van der Waals surface area contributed by atoms with Crippen LogP contribution in [0, 0.1) is 17.1 Å². The van der Waals surface area contributed by atoms with Crippen molar-refractivity contribution in [3.05, 3.63) is 83.8 Å². The second-order valence-electron chi connectivity index (χ2n) is 9.12. The van der Waals surface area contributed by atoms with Gasteiger partial charge in [-0.25, -0.2) is 18.9 Å². The molecular weight excluding hydrogens is 473 g/mol. The molecule has 1 amide bonds. The standard InChI is InChI=1S/C28H24FN5O3/c29-21-10-6-7-19(13-21)16-34-26-23(15-31-34)22(14-24(32-26)20-8-2-1-3-9-20)27(36)37-17-25(35)33-28(18-30)11-4-5-12-28/h1-3,6-10,13-15H,4-5,11-12,16-17H2,(H,33,35). The number of amides is 1. The fraction of sp³-hybridized carbons (Fsp3) is 0.250. The van der Waals surface area contributed by atoms with Crippen LogP contribution >= 0.6 is 0 Å². The molecule has 1 aliphatic carbocycles. The molecule has 0 bridgehead atoms. The lowest BCUT2D eigenvalue weighted by atomic mass is 10.00. The SMILES string of the molecule is N#CC1(NC(=O)COC(=O)c2cc(-c3ccccc3)nc3c2cnn3Cc2cccc(F)c2)CCCC1. The molecule has 9 heteroatoms. The number of halogens is 1. The molecule has 2 aromatic heterocycles. The van der Waals surface area contributed by atoms with E-state index in [1.165, 1.54) is 18.3 Å². The number of esters is 1. The zero-order valence-corrected chi connectivity index (χ0v) is 20.0. The molecule has 1 N–H and O–H groups in total. The zero-order chi connectivity index (χ0) is 25.8. The Bertz CT molecular complexity index is 1500. The summed E-state index contributed by atoms with van der Waals surface area (Å²) < 4.78 is 20.7. The molecule has 186 valence electrons. The first-order chi connectivity index (χ1) is 18.0. The topological polar surface area (TPSA) is 110 Å². The number of benzene rings is 2. The number of nitrogens with zero attached hydrogens (tertiary/aromatic N) is 4. The van der Waals surface area contributed by atoms with E-state index in [4.69, 9.17) is 9.72 Å². The quantitative estimate of drug-likeness (QED) is 0.379. The van der Waals surface area contributed by atoms with Gasteiger partial charge in [0.15, 0.2) is 12.3 Å². The van der Waals surface area contributed by atoms with Gasteiger partial charge < -0.3 is 10.1 Å². The number of hydrogen-bond donors (Lipinski definition) is 1. The van der Waals surface area contributed by atoms with E-state index in [-0.39, 0.29) is 17.9 Å². The third-order valence-corrected chi connectivity index (χ3v) is 6.50. The molecule has 37 heavy (non-hydrogen) atoms. The Morgan fingerprint density at radius 2 is 1.89 bits per heavy atom. The number of hydrogen-bond acceptors (Lipinski definition) is 6. The van der Waals surface area contributed by atoms with E-state index in [9.17, 15) is 19.2 Å². The highest BCUT2D eigenvalue weighted by atomic mass is 19.1. The monoisotopic (exact) mass is 497 g/mol. The average Bonchev–Trinajstić information content (AvgIpc) is 3.55. The molecule has 0 spiro atoms. The van der Waals surface area contributed by atoms with Crippen LogP contribution in [-0.4, -0.2) is 38.8 Å². The van der Waals surface area contributed by atoms with Gasteiger partial charge in [0.2, 0.25) is 0 Å². The van der Waals surface area contributed by atoms with Gasteiger partial charge in [0.25, 0.3) is 5.91 Å². The number of carbonyl (C=O) groups is 2. The summed E-state index contributed by atoms with van der Waals surface area (Å²) in [7, 11) is 0. The van der Waals surface area contributed by atoms with Gasteiger partial charge in [-0.15, -0.1) is 0 Å². The molecule has 1 fully saturated rings. The Kier molecular flexibility index (Phi) is 6.64. The first-order valence-corrected chi connectivity index (χ1v) is 12.0. The molecule has 0 unspecified atom stereocenters. The van der Waals surface area contributed by atoms with Crippen molar-refractivity contribution in [3.63, 3.8) is 0 Å². The number of pyridine rings is 1. The summed E-state index contributed by atoms with van der Waals surface area (Å²) in [5.74, 6) is -1.58. The van der Waals surface area contributed by atoms with E-state index in [0.717, 1.165) is 18.4 Å². The Balaban J connectivity index is 1.44. The van der Waals surface area contributed by atoms with Crippen LogP contribution < -0.4 is 5.32 Å². The van der Waals surface area contributed by atoms with Gasteiger partial charge in [-0.1, -0.05) is 42.5 Å². The minimum absolute atomic E-state index is 0.206. The Morgan fingerprint density at radius 3 is 2.62 bits per heavy atom. The van der Waals surface area contributed by atoms with Gasteiger partial charge in [0.1, 0.15) is 11.4 Å². The third-order valence-electron chi connectivity index (χ3n) is 6.50. The lowest BCUT2D eigenvalue weighted by Gasteiger charge is -2.21. The van der Waals surface area contributed by atoms with Gasteiger partial charge in [0.05, 0.1) is 35.5 Å². The van der Waals surface area contributed by atoms with Crippen LogP contribution in [0.15, 0.2) is 66.9 Å².